The Balaban J connectivity index is 2.70. The van der Waals surface area contributed by atoms with Gasteiger partial charge >= 0.3 is 0 Å². The summed E-state index contributed by atoms with van der Waals surface area (Å²) < 4.78 is 77.6. The van der Waals surface area contributed by atoms with Gasteiger partial charge in [0.1, 0.15) is 2.74 Å². The predicted octanol–water partition coefficient (Wildman–Crippen LogP) is 1.21. The fourth-order valence-corrected chi connectivity index (χ4v) is 0.978. The number of carbonyl (C=O) groups excluding carboxylic acids is 1. The number of rotatable bonds is 3. The molecule has 1 aliphatic rings. The molecule has 2 rings (SSSR count). The van der Waals surface area contributed by atoms with Crippen LogP contribution in [0.25, 0.3) is 0 Å². The zero-order chi connectivity index (χ0) is 18.7. The Bertz CT molecular complexity index is 718. The lowest BCUT2D eigenvalue weighted by Gasteiger charge is -2.09. The molecule has 1 atom stereocenters. The molecule has 4 heteroatoms. The number of benzene rings is 1. The molecule has 0 aliphatic carbocycles. The Morgan fingerprint density at radius 3 is 3.27 bits per heavy atom. The van der Waals surface area contributed by atoms with E-state index in [1.165, 1.54) is 0 Å². The number of nitrogens with one attached hydrogen (secondary N) is 1. The van der Waals surface area contributed by atoms with E-state index in [-0.39, 0.29) is 0 Å². The molecule has 80 valence electrons. The van der Waals surface area contributed by atoms with Gasteiger partial charge in [-0.05, 0) is 32.0 Å². The van der Waals surface area contributed by atoms with Crippen LogP contribution in [0.1, 0.15) is 29.5 Å². The van der Waals surface area contributed by atoms with Gasteiger partial charge in [0.25, 0.3) is 0 Å². The standard InChI is InChI=1S/C11H13NO3/c1-7(12-2)11(13)8-3-4-9-10(5-8)15-6-14-9/h3-5,7,12H,6H2,1-2H3/t7-/m0/s1/i1D3,3D,4D,5D,6D2,7D. The summed E-state index contributed by atoms with van der Waals surface area (Å²) in [6.45, 7) is -5.81. The average Bonchev–Trinajstić information content (AvgIpc) is 2.79. The molecule has 0 saturated carbocycles. The topological polar surface area (TPSA) is 47.6 Å². The first-order valence-electron chi connectivity index (χ1n) is 8.52. The Morgan fingerprint density at radius 2 is 2.53 bits per heavy atom. The molecule has 4 nitrogen and oxygen atoms in total. The van der Waals surface area contributed by atoms with Crippen molar-refractivity contribution in [1.82, 2.24) is 5.32 Å². The molecule has 15 heavy (non-hydrogen) atoms. The second-order valence-electron chi connectivity index (χ2n) is 2.65. The van der Waals surface area contributed by atoms with Crippen LogP contribution < -0.4 is 14.8 Å². The van der Waals surface area contributed by atoms with Gasteiger partial charge in [0, 0.05) is 9.68 Å². The maximum Gasteiger partial charge on any atom is 0.231 e. The molecule has 0 unspecified atom stereocenters. The number of ketones is 1. The van der Waals surface area contributed by atoms with E-state index >= 15 is 0 Å². The average molecular weight is 216 g/mol. The Hall–Kier alpha value is -1.55. The van der Waals surface area contributed by atoms with E-state index in [9.17, 15) is 4.79 Å². The maximum atomic E-state index is 12.6. The molecule has 0 aromatic heterocycles. The smallest absolute Gasteiger partial charge is 0.231 e. The maximum absolute atomic E-state index is 12.6. The second-order valence-corrected chi connectivity index (χ2v) is 2.65. The van der Waals surface area contributed by atoms with Crippen LogP contribution in [0.3, 0.4) is 0 Å². The molecule has 1 aromatic rings. The van der Waals surface area contributed by atoms with Gasteiger partial charge in [-0.25, -0.2) is 0 Å². The summed E-state index contributed by atoms with van der Waals surface area (Å²) in [5, 5.41) is 2.06. The van der Waals surface area contributed by atoms with Gasteiger partial charge in [-0.1, -0.05) is 0 Å². The van der Waals surface area contributed by atoms with Crippen molar-refractivity contribution in [2.75, 3.05) is 13.8 Å². The molecule has 1 aliphatic heterocycles. The second kappa shape index (κ2) is 3.90. The van der Waals surface area contributed by atoms with Gasteiger partial charge in [0.2, 0.25) is 6.75 Å². The van der Waals surface area contributed by atoms with E-state index < -0.39 is 60.6 Å². The minimum atomic E-state index is -3.12. The predicted molar refractivity (Wildman–Crippen MR) is 55.4 cm³/mol. The van der Waals surface area contributed by atoms with Crippen molar-refractivity contribution in [3.63, 3.8) is 0 Å². The summed E-state index contributed by atoms with van der Waals surface area (Å²) in [5.41, 5.74) is -0.833. The molecule has 1 aromatic carbocycles. The summed E-state index contributed by atoms with van der Waals surface area (Å²) in [5.74, 6) is -2.54. The van der Waals surface area contributed by atoms with Crippen molar-refractivity contribution in [1.29, 1.82) is 0 Å². The molecule has 0 bridgehead atoms. The number of likely N-dealkylation sites (N-methyl/N-ethyl adjacent to an activating group) is 1. The Labute approximate surface area is 101 Å². The normalized spacial score (nSPS) is 30.1. The largest absolute Gasteiger partial charge is 0.454 e. The summed E-state index contributed by atoms with van der Waals surface area (Å²) >= 11 is 0. The molecular formula is C11H13NO3. The van der Waals surface area contributed by atoms with Crippen LogP contribution in [0.4, 0.5) is 0 Å². The highest BCUT2D eigenvalue weighted by atomic mass is 16.7. The van der Waals surface area contributed by atoms with Gasteiger partial charge in [-0.3, -0.25) is 4.79 Å². The van der Waals surface area contributed by atoms with Gasteiger partial charge in [-0.15, -0.1) is 0 Å². The van der Waals surface area contributed by atoms with E-state index in [4.69, 9.17) is 21.8 Å². The minimum absolute atomic E-state index is 0.527. The van der Waals surface area contributed by atoms with Crippen LogP contribution in [-0.2, 0) is 0 Å². The van der Waals surface area contributed by atoms with Crippen molar-refractivity contribution in [3.8, 4) is 11.5 Å². The SMILES string of the molecule is [2H]c1c([2H])c(C(=O)[C@@]([2H])(NC)C([2H])([2H])[2H])c([2H])c2c1OC([2H])([2H])O2. The zero-order valence-electron chi connectivity index (χ0n) is 16.7. The summed E-state index contributed by atoms with van der Waals surface area (Å²) in [7, 11) is 1.07. The number of hydrogen-bond donors (Lipinski definition) is 1. The zero-order valence-corrected chi connectivity index (χ0v) is 7.72. The third-order valence-corrected chi connectivity index (χ3v) is 1.74. The van der Waals surface area contributed by atoms with Gasteiger partial charge < -0.3 is 14.8 Å². The fraction of sp³-hybridized carbons (Fsp3) is 0.364. The van der Waals surface area contributed by atoms with Crippen LogP contribution in [0, 0.1) is 0 Å². The van der Waals surface area contributed by atoms with Gasteiger partial charge in [-0.2, -0.15) is 0 Å². The molecule has 1 heterocycles. The quantitative estimate of drug-likeness (QED) is 0.771. The molecule has 0 saturated heterocycles. The Morgan fingerprint density at radius 1 is 1.73 bits per heavy atom. The fourth-order valence-electron chi connectivity index (χ4n) is 0.978. The number of Topliss-reactive ketones (excluding diaryl/α,β-unsaturated/α-hetero) is 1. The van der Waals surface area contributed by atoms with E-state index in [0.29, 0.717) is 0 Å². The van der Waals surface area contributed by atoms with E-state index in [2.05, 4.69) is 5.32 Å². The van der Waals surface area contributed by atoms with Crippen LogP contribution in [0.15, 0.2) is 18.1 Å². The highest BCUT2D eigenvalue weighted by Crippen LogP contribution is 2.32. The third kappa shape index (κ3) is 1.80. The van der Waals surface area contributed by atoms with Crippen molar-refractivity contribution < 1.29 is 26.6 Å². The molecule has 0 spiro atoms. The number of carbonyl (C=O) groups is 1. The monoisotopic (exact) mass is 216 g/mol. The highest BCUT2D eigenvalue weighted by Gasteiger charge is 2.18. The molecule has 0 amide bonds. The lowest BCUT2D eigenvalue weighted by Crippen LogP contribution is -2.30. The van der Waals surface area contributed by atoms with Crippen molar-refractivity contribution >= 4 is 5.78 Å². The van der Waals surface area contributed by atoms with Gasteiger partial charge in [0.05, 0.1) is 11.5 Å². The number of hydrogen-bond acceptors (Lipinski definition) is 4. The summed E-state index contributed by atoms with van der Waals surface area (Å²) in [4.78, 5) is 12.6. The molecule has 0 fully saturated rings. The lowest BCUT2D eigenvalue weighted by molar-refractivity contribution is 0.0954. The van der Waals surface area contributed by atoms with Crippen LogP contribution in [0.5, 0.6) is 11.5 Å². The van der Waals surface area contributed by atoms with E-state index in [0.717, 1.165) is 7.05 Å². The van der Waals surface area contributed by atoms with Crippen molar-refractivity contribution in [2.45, 2.75) is 12.9 Å². The number of fused-ring (bicyclic) bond motifs is 1. The molecular weight excluding hydrogens is 194 g/mol. The molecule has 1 N–H and O–H groups in total. The van der Waals surface area contributed by atoms with Crippen LogP contribution >= 0.6 is 0 Å². The van der Waals surface area contributed by atoms with E-state index in [1.807, 2.05) is 0 Å². The summed E-state index contributed by atoms with van der Waals surface area (Å²) in [6.07, 6.45) is 0. The van der Waals surface area contributed by atoms with Crippen LogP contribution in [-0.4, -0.2) is 25.6 Å². The first-order chi connectivity index (χ1) is 10.8. The minimum Gasteiger partial charge on any atom is -0.454 e. The summed E-state index contributed by atoms with van der Waals surface area (Å²) in [6, 6.07) is -5.25. The highest BCUT2D eigenvalue weighted by molar-refractivity contribution is 6.00. The van der Waals surface area contributed by atoms with E-state index in [1.54, 1.807) is 0 Å². The van der Waals surface area contributed by atoms with Crippen molar-refractivity contribution in [2.24, 2.45) is 0 Å². The van der Waals surface area contributed by atoms with Crippen molar-refractivity contribution in [3.05, 3.63) is 23.7 Å². The lowest BCUT2D eigenvalue weighted by atomic mass is 10.1. The molecule has 0 radical (unpaired) electrons. The third-order valence-electron chi connectivity index (χ3n) is 1.74. The Kier molecular flexibility index (Phi) is 0.986. The first kappa shape index (κ1) is 3.79. The van der Waals surface area contributed by atoms with Gasteiger partial charge in [0.15, 0.2) is 17.3 Å². The number of ether oxygens (including phenoxy) is 2. The van der Waals surface area contributed by atoms with Crippen LogP contribution in [0.2, 0.25) is 0 Å². The first-order valence-corrected chi connectivity index (χ1v) is 4.02.